The second kappa shape index (κ2) is 7.12. The van der Waals surface area contributed by atoms with E-state index in [1.807, 2.05) is 13.0 Å². The van der Waals surface area contributed by atoms with E-state index in [2.05, 4.69) is 21.2 Å². The highest BCUT2D eigenvalue weighted by molar-refractivity contribution is 9.10. The summed E-state index contributed by atoms with van der Waals surface area (Å²) in [5, 5.41) is 13.6. The van der Waals surface area contributed by atoms with Gasteiger partial charge >= 0.3 is 5.97 Å². The van der Waals surface area contributed by atoms with Crippen LogP contribution in [0.4, 0.5) is 17.1 Å². The number of fused-ring (bicyclic) bond motifs is 1. The number of carbonyl (C=O) groups excluding carboxylic acids is 2. The molecule has 0 aromatic heterocycles. The lowest BCUT2D eigenvalue weighted by Gasteiger charge is -2.29. The third-order valence-corrected chi connectivity index (χ3v) is 4.68. The highest BCUT2D eigenvalue weighted by Crippen LogP contribution is 2.35. The van der Waals surface area contributed by atoms with E-state index in [0.717, 1.165) is 10.0 Å². The van der Waals surface area contributed by atoms with Crippen LogP contribution in [-0.2, 0) is 9.59 Å². The maximum absolute atomic E-state index is 12.3. The van der Waals surface area contributed by atoms with Gasteiger partial charge in [-0.05, 0) is 30.7 Å². The Balaban J connectivity index is 1.77. The number of non-ortho nitro benzene ring substituents is 1. The molecule has 1 aliphatic heterocycles. The number of benzene rings is 2. The van der Waals surface area contributed by atoms with Crippen LogP contribution in [0.25, 0.3) is 0 Å². The van der Waals surface area contributed by atoms with Crippen LogP contribution >= 0.6 is 15.9 Å². The Hall–Kier alpha value is -2.94. The van der Waals surface area contributed by atoms with E-state index in [9.17, 15) is 19.7 Å². The number of anilines is 2. The van der Waals surface area contributed by atoms with Gasteiger partial charge in [-0.25, -0.2) is 4.79 Å². The minimum Gasteiger partial charge on any atom is -0.423 e. The summed E-state index contributed by atoms with van der Waals surface area (Å²) >= 11 is 3.40. The number of halogens is 1. The number of nitrogens with zero attached hydrogens (tertiary/aromatic N) is 2. The van der Waals surface area contributed by atoms with Crippen LogP contribution < -0.4 is 15.0 Å². The summed E-state index contributed by atoms with van der Waals surface area (Å²) in [6.45, 7) is 1.73. The summed E-state index contributed by atoms with van der Waals surface area (Å²) < 4.78 is 5.93. The lowest BCUT2D eigenvalue weighted by atomic mass is 10.2. The smallest absolute Gasteiger partial charge is 0.331 e. The molecular formula is C17H14BrN3O5. The molecule has 2 aromatic carbocycles. The van der Waals surface area contributed by atoms with Crippen molar-refractivity contribution >= 4 is 44.9 Å². The Morgan fingerprint density at radius 3 is 2.81 bits per heavy atom. The molecule has 134 valence electrons. The third kappa shape index (κ3) is 3.83. The number of nitro groups is 1. The fourth-order valence-corrected chi connectivity index (χ4v) is 2.92. The van der Waals surface area contributed by atoms with E-state index < -0.39 is 10.9 Å². The molecule has 1 amide bonds. The van der Waals surface area contributed by atoms with E-state index in [0.29, 0.717) is 11.4 Å². The van der Waals surface area contributed by atoms with Crippen molar-refractivity contribution < 1.29 is 19.2 Å². The summed E-state index contributed by atoms with van der Waals surface area (Å²) in [6, 6.07) is 9.38. The number of ether oxygens (including phenoxy) is 1. The second-order valence-corrected chi connectivity index (χ2v) is 6.61. The van der Waals surface area contributed by atoms with Gasteiger partial charge in [0.1, 0.15) is 6.54 Å². The van der Waals surface area contributed by atoms with Crippen LogP contribution in [-0.4, -0.2) is 29.9 Å². The molecule has 26 heavy (non-hydrogen) atoms. The van der Waals surface area contributed by atoms with Crippen molar-refractivity contribution in [1.82, 2.24) is 0 Å². The number of aryl methyl sites for hydroxylation is 1. The standard InChI is InChI=1S/C17H14BrN3O5/c1-10-2-3-11(6-13(10)18)19-16(22)8-20-9-17(23)26-15-7-12(21(24)25)4-5-14(15)20/h2-7H,8-9H2,1H3,(H,19,22). The van der Waals surface area contributed by atoms with E-state index in [1.54, 1.807) is 12.1 Å². The molecule has 0 fully saturated rings. The van der Waals surface area contributed by atoms with Crippen LogP contribution in [0.15, 0.2) is 40.9 Å². The molecule has 8 nitrogen and oxygen atoms in total. The molecule has 3 rings (SSSR count). The van der Waals surface area contributed by atoms with Gasteiger partial charge in [-0.15, -0.1) is 0 Å². The predicted octanol–water partition coefficient (Wildman–Crippen LogP) is 3.03. The van der Waals surface area contributed by atoms with Gasteiger partial charge in [0.05, 0.1) is 23.2 Å². The van der Waals surface area contributed by atoms with Crippen molar-refractivity contribution in [1.29, 1.82) is 0 Å². The molecule has 0 radical (unpaired) electrons. The summed E-state index contributed by atoms with van der Waals surface area (Å²) in [4.78, 5) is 35.9. The third-order valence-electron chi connectivity index (χ3n) is 3.83. The average Bonchev–Trinajstić information content (AvgIpc) is 2.57. The molecule has 0 saturated carbocycles. The lowest BCUT2D eigenvalue weighted by Crippen LogP contribution is -2.41. The monoisotopic (exact) mass is 419 g/mol. The summed E-state index contributed by atoms with van der Waals surface area (Å²) in [5.74, 6) is -0.829. The average molecular weight is 420 g/mol. The maximum atomic E-state index is 12.3. The summed E-state index contributed by atoms with van der Waals surface area (Å²) in [5.41, 5.74) is 1.93. The highest BCUT2D eigenvalue weighted by Gasteiger charge is 2.27. The van der Waals surface area contributed by atoms with E-state index in [4.69, 9.17) is 4.74 Å². The SMILES string of the molecule is Cc1ccc(NC(=O)CN2CC(=O)Oc3cc([N+](=O)[O-])ccc32)cc1Br. The van der Waals surface area contributed by atoms with Crippen molar-refractivity contribution in [3.63, 3.8) is 0 Å². The quantitative estimate of drug-likeness (QED) is 0.353. The Kier molecular flexibility index (Phi) is 4.90. The molecule has 0 spiro atoms. The number of hydrogen-bond donors (Lipinski definition) is 1. The fourth-order valence-electron chi connectivity index (χ4n) is 2.54. The van der Waals surface area contributed by atoms with Crippen molar-refractivity contribution in [3.8, 4) is 5.75 Å². The first-order chi connectivity index (χ1) is 12.3. The molecule has 9 heteroatoms. The molecule has 1 heterocycles. The molecule has 0 aliphatic carbocycles. The Labute approximate surface area is 157 Å². The number of hydrogen-bond acceptors (Lipinski definition) is 6. The minimum atomic E-state index is -0.580. The van der Waals surface area contributed by atoms with Crippen LogP contribution in [0, 0.1) is 17.0 Å². The maximum Gasteiger partial charge on any atom is 0.331 e. The first-order valence-electron chi connectivity index (χ1n) is 7.63. The Morgan fingerprint density at radius 1 is 1.35 bits per heavy atom. The summed E-state index contributed by atoms with van der Waals surface area (Å²) in [7, 11) is 0. The van der Waals surface area contributed by atoms with Gasteiger partial charge in [0, 0.05) is 16.2 Å². The first kappa shape index (κ1) is 17.9. The number of nitrogens with one attached hydrogen (secondary N) is 1. The number of amides is 1. The van der Waals surface area contributed by atoms with Crippen molar-refractivity contribution in [2.24, 2.45) is 0 Å². The highest BCUT2D eigenvalue weighted by atomic mass is 79.9. The van der Waals surface area contributed by atoms with Crippen LogP contribution in [0.5, 0.6) is 5.75 Å². The zero-order valence-corrected chi connectivity index (χ0v) is 15.3. The van der Waals surface area contributed by atoms with Crippen molar-refractivity contribution in [3.05, 3.63) is 56.5 Å². The van der Waals surface area contributed by atoms with Crippen LogP contribution in [0.2, 0.25) is 0 Å². The molecule has 2 aromatic rings. The number of esters is 1. The molecule has 1 aliphatic rings. The molecule has 0 saturated heterocycles. The molecule has 0 atom stereocenters. The molecule has 0 bridgehead atoms. The second-order valence-electron chi connectivity index (χ2n) is 5.75. The fraction of sp³-hybridized carbons (Fsp3) is 0.176. The predicted molar refractivity (Wildman–Crippen MR) is 98.5 cm³/mol. The molecule has 0 unspecified atom stereocenters. The number of rotatable bonds is 4. The van der Waals surface area contributed by atoms with Gasteiger partial charge in [-0.2, -0.15) is 0 Å². The van der Waals surface area contributed by atoms with Crippen LogP contribution in [0.3, 0.4) is 0 Å². The lowest BCUT2D eigenvalue weighted by molar-refractivity contribution is -0.384. The van der Waals surface area contributed by atoms with Crippen molar-refractivity contribution in [2.45, 2.75) is 6.92 Å². The van der Waals surface area contributed by atoms with E-state index in [-0.39, 0.29) is 30.4 Å². The van der Waals surface area contributed by atoms with E-state index >= 15 is 0 Å². The largest absolute Gasteiger partial charge is 0.423 e. The van der Waals surface area contributed by atoms with Gasteiger partial charge in [0.2, 0.25) is 5.91 Å². The zero-order chi connectivity index (χ0) is 18.8. The normalized spacial score (nSPS) is 13.0. The number of carbonyl (C=O) groups is 2. The van der Waals surface area contributed by atoms with E-state index in [1.165, 1.54) is 23.1 Å². The van der Waals surface area contributed by atoms with Gasteiger partial charge in [-0.1, -0.05) is 22.0 Å². The Morgan fingerprint density at radius 2 is 2.12 bits per heavy atom. The zero-order valence-electron chi connectivity index (χ0n) is 13.7. The van der Waals surface area contributed by atoms with Gasteiger partial charge in [0.15, 0.2) is 5.75 Å². The van der Waals surface area contributed by atoms with Gasteiger partial charge < -0.3 is 15.0 Å². The van der Waals surface area contributed by atoms with Crippen molar-refractivity contribution in [2.75, 3.05) is 23.3 Å². The topological polar surface area (TPSA) is 102 Å². The van der Waals surface area contributed by atoms with Gasteiger partial charge in [-0.3, -0.25) is 14.9 Å². The molecule has 1 N–H and O–H groups in total. The molecular weight excluding hydrogens is 406 g/mol. The summed E-state index contributed by atoms with van der Waals surface area (Å²) in [6.07, 6.45) is 0. The number of nitro benzene ring substituents is 1. The van der Waals surface area contributed by atoms with Crippen LogP contribution in [0.1, 0.15) is 5.56 Å². The van der Waals surface area contributed by atoms with Gasteiger partial charge in [0.25, 0.3) is 5.69 Å². The first-order valence-corrected chi connectivity index (χ1v) is 8.43. The minimum absolute atomic E-state index is 0.0707. The Bertz CT molecular complexity index is 915.